The van der Waals surface area contributed by atoms with Crippen molar-refractivity contribution in [3.8, 4) is 0 Å². The summed E-state index contributed by atoms with van der Waals surface area (Å²) < 4.78 is 0. The van der Waals surface area contributed by atoms with Gasteiger partial charge in [0.25, 0.3) is 5.91 Å². The minimum absolute atomic E-state index is 0.149. The Hall–Kier alpha value is -3.21. The Kier molecular flexibility index (Phi) is 6.52. The third kappa shape index (κ3) is 5.38. The van der Waals surface area contributed by atoms with Gasteiger partial charge in [-0.2, -0.15) is 0 Å². The van der Waals surface area contributed by atoms with Crippen LogP contribution in [0.2, 0.25) is 0 Å². The average Bonchev–Trinajstić information content (AvgIpc) is 2.73. The molecule has 0 aliphatic heterocycles. The van der Waals surface area contributed by atoms with E-state index in [1.807, 2.05) is 36.4 Å². The lowest BCUT2D eigenvalue weighted by molar-refractivity contribution is 0.0952. The highest BCUT2D eigenvalue weighted by Crippen LogP contribution is 2.18. The number of hydrogen-bond acceptors (Lipinski definition) is 4. The van der Waals surface area contributed by atoms with Gasteiger partial charge in [-0.25, -0.2) is 9.97 Å². The molecule has 0 saturated carbocycles. The van der Waals surface area contributed by atoms with E-state index in [0.29, 0.717) is 18.1 Å². The molecule has 1 heterocycles. The SMILES string of the molecule is CCc1ccccc1Nc1ncc(C(=O)NCCCc2ccccc2)cn1. The van der Waals surface area contributed by atoms with Crippen molar-refractivity contribution in [1.82, 2.24) is 15.3 Å². The first-order valence-electron chi connectivity index (χ1n) is 9.25. The summed E-state index contributed by atoms with van der Waals surface area (Å²) >= 11 is 0. The van der Waals surface area contributed by atoms with Crippen LogP contribution in [-0.4, -0.2) is 22.4 Å². The molecular weight excluding hydrogens is 336 g/mol. The summed E-state index contributed by atoms with van der Waals surface area (Å²) in [7, 11) is 0. The zero-order valence-electron chi connectivity index (χ0n) is 15.5. The van der Waals surface area contributed by atoms with E-state index in [9.17, 15) is 4.79 Å². The average molecular weight is 360 g/mol. The van der Waals surface area contributed by atoms with E-state index in [1.54, 1.807) is 12.4 Å². The number of amides is 1. The van der Waals surface area contributed by atoms with Gasteiger partial charge < -0.3 is 10.6 Å². The Morgan fingerprint density at radius 3 is 2.41 bits per heavy atom. The first-order chi connectivity index (χ1) is 13.3. The molecule has 5 nitrogen and oxygen atoms in total. The summed E-state index contributed by atoms with van der Waals surface area (Å²) in [6.07, 6.45) is 5.86. The molecule has 138 valence electrons. The molecule has 0 fully saturated rings. The highest BCUT2D eigenvalue weighted by molar-refractivity contribution is 5.93. The summed E-state index contributed by atoms with van der Waals surface area (Å²) in [6, 6.07) is 18.3. The number of carbonyl (C=O) groups is 1. The molecule has 0 bridgehead atoms. The minimum Gasteiger partial charge on any atom is -0.352 e. The van der Waals surface area contributed by atoms with Crippen LogP contribution in [0.3, 0.4) is 0 Å². The predicted octanol–water partition coefficient (Wildman–Crippen LogP) is 4.15. The smallest absolute Gasteiger partial charge is 0.254 e. The minimum atomic E-state index is -0.149. The summed E-state index contributed by atoms with van der Waals surface area (Å²) in [4.78, 5) is 20.7. The van der Waals surface area contributed by atoms with Crippen molar-refractivity contribution < 1.29 is 4.79 Å². The number of aryl methyl sites for hydroxylation is 2. The lowest BCUT2D eigenvalue weighted by Gasteiger charge is -2.09. The van der Waals surface area contributed by atoms with Crippen LogP contribution in [0.4, 0.5) is 11.6 Å². The molecule has 27 heavy (non-hydrogen) atoms. The van der Waals surface area contributed by atoms with Crippen LogP contribution >= 0.6 is 0 Å². The largest absolute Gasteiger partial charge is 0.352 e. The number of para-hydroxylation sites is 1. The Morgan fingerprint density at radius 1 is 0.963 bits per heavy atom. The van der Waals surface area contributed by atoms with Gasteiger partial charge in [-0.15, -0.1) is 0 Å². The molecule has 1 amide bonds. The maximum atomic E-state index is 12.2. The van der Waals surface area contributed by atoms with Crippen LogP contribution in [0.15, 0.2) is 67.0 Å². The van der Waals surface area contributed by atoms with Gasteiger partial charge in [0.1, 0.15) is 0 Å². The van der Waals surface area contributed by atoms with Gasteiger partial charge in [0.2, 0.25) is 5.95 Å². The van der Waals surface area contributed by atoms with Gasteiger partial charge in [-0.1, -0.05) is 55.5 Å². The van der Waals surface area contributed by atoms with Crippen molar-refractivity contribution in [1.29, 1.82) is 0 Å². The van der Waals surface area contributed by atoms with E-state index >= 15 is 0 Å². The molecule has 0 saturated heterocycles. The highest BCUT2D eigenvalue weighted by Gasteiger charge is 2.07. The fourth-order valence-electron chi connectivity index (χ4n) is 2.82. The van der Waals surface area contributed by atoms with Gasteiger partial charge >= 0.3 is 0 Å². The molecular formula is C22H24N4O. The van der Waals surface area contributed by atoms with Gasteiger partial charge in [-0.3, -0.25) is 4.79 Å². The third-order valence-electron chi connectivity index (χ3n) is 4.33. The third-order valence-corrected chi connectivity index (χ3v) is 4.33. The van der Waals surface area contributed by atoms with Crippen LogP contribution < -0.4 is 10.6 Å². The zero-order valence-corrected chi connectivity index (χ0v) is 15.5. The molecule has 0 spiro atoms. The lowest BCUT2D eigenvalue weighted by Crippen LogP contribution is -2.25. The Balaban J connectivity index is 1.50. The van der Waals surface area contributed by atoms with Gasteiger partial charge in [-0.05, 0) is 36.5 Å². The van der Waals surface area contributed by atoms with Crippen molar-refractivity contribution in [2.24, 2.45) is 0 Å². The molecule has 0 radical (unpaired) electrons. The van der Waals surface area contributed by atoms with E-state index in [-0.39, 0.29) is 5.91 Å². The number of rotatable bonds is 8. The quantitative estimate of drug-likeness (QED) is 0.592. The number of nitrogens with one attached hydrogen (secondary N) is 2. The first kappa shape index (κ1) is 18.6. The Bertz CT molecular complexity index is 863. The maximum Gasteiger partial charge on any atom is 0.254 e. The summed E-state index contributed by atoms with van der Waals surface area (Å²) in [5.41, 5.74) is 3.92. The number of nitrogens with zero attached hydrogens (tertiary/aromatic N) is 2. The molecule has 0 aliphatic rings. The van der Waals surface area contributed by atoms with Crippen LogP contribution in [0.5, 0.6) is 0 Å². The Labute approximate surface area is 159 Å². The second-order valence-corrected chi connectivity index (χ2v) is 6.28. The van der Waals surface area contributed by atoms with Crippen LogP contribution in [0.25, 0.3) is 0 Å². The van der Waals surface area contributed by atoms with Gasteiger partial charge in [0, 0.05) is 24.6 Å². The van der Waals surface area contributed by atoms with E-state index in [4.69, 9.17) is 0 Å². The topological polar surface area (TPSA) is 66.9 Å². The normalized spacial score (nSPS) is 10.4. The number of benzene rings is 2. The van der Waals surface area contributed by atoms with Gasteiger partial charge in [0.05, 0.1) is 5.56 Å². The standard InChI is InChI=1S/C22H24N4O/c1-2-18-12-6-7-13-20(18)26-22-24-15-19(16-25-22)21(27)23-14-8-11-17-9-4-3-5-10-17/h3-7,9-10,12-13,15-16H,2,8,11,14H2,1H3,(H,23,27)(H,24,25,26). The number of carbonyl (C=O) groups excluding carboxylic acids is 1. The summed E-state index contributed by atoms with van der Waals surface area (Å²) in [5.74, 6) is 0.333. The van der Waals surface area contributed by atoms with Gasteiger partial charge in [0.15, 0.2) is 0 Å². The first-order valence-corrected chi connectivity index (χ1v) is 9.25. The molecule has 2 N–H and O–H groups in total. The molecule has 0 atom stereocenters. The predicted molar refractivity (Wildman–Crippen MR) is 108 cm³/mol. The zero-order chi connectivity index (χ0) is 18.9. The Morgan fingerprint density at radius 2 is 1.67 bits per heavy atom. The number of aromatic nitrogens is 2. The molecule has 3 rings (SSSR count). The van der Waals surface area contributed by atoms with Crippen molar-refractivity contribution in [3.05, 3.63) is 83.7 Å². The van der Waals surface area contributed by atoms with Crippen molar-refractivity contribution in [2.45, 2.75) is 26.2 Å². The van der Waals surface area contributed by atoms with E-state index in [2.05, 4.69) is 45.7 Å². The van der Waals surface area contributed by atoms with Crippen LogP contribution in [0.1, 0.15) is 34.8 Å². The fourth-order valence-corrected chi connectivity index (χ4v) is 2.82. The highest BCUT2D eigenvalue weighted by atomic mass is 16.1. The van der Waals surface area contributed by atoms with E-state index in [1.165, 1.54) is 11.1 Å². The van der Waals surface area contributed by atoms with Crippen molar-refractivity contribution >= 4 is 17.5 Å². The molecule has 5 heteroatoms. The van der Waals surface area contributed by atoms with E-state index in [0.717, 1.165) is 24.9 Å². The molecule has 0 unspecified atom stereocenters. The second-order valence-electron chi connectivity index (χ2n) is 6.28. The number of hydrogen-bond donors (Lipinski definition) is 2. The molecule has 0 aliphatic carbocycles. The maximum absolute atomic E-state index is 12.2. The van der Waals surface area contributed by atoms with Crippen LogP contribution in [0, 0.1) is 0 Å². The van der Waals surface area contributed by atoms with E-state index < -0.39 is 0 Å². The van der Waals surface area contributed by atoms with Crippen molar-refractivity contribution in [2.75, 3.05) is 11.9 Å². The monoisotopic (exact) mass is 360 g/mol. The second kappa shape index (κ2) is 9.48. The fraction of sp³-hybridized carbons (Fsp3) is 0.227. The summed E-state index contributed by atoms with van der Waals surface area (Å²) in [5, 5.41) is 6.12. The molecule has 3 aromatic rings. The lowest BCUT2D eigenvalue weighted by atomic mass is 10.1. The molecule has 2 aromatic carbocycles. The number of anilines is 2. The van der Waals surface area contributed by atoms with Crippen molar-refractivity contribution in [3.63, 3.8) is 0 Å². The molecule has 1 aromatic heterocycles. The van der Waals surface area contributed by atoms with Crippen LogP contribution in [-0.2, 0) is 12.8 Å². The summed E-state index contributed by atoms with van der Waals surface area (Å²) in [6.45, 7) is 2.73.